The number of nitro benzene ring substituents is 1. The lowest BCUT2D eigenvalue weighted by Crippen LogP contribution is -2.41. The zero-order valence-corrected chi connectivity index (χ0v) is 14.6. The van der Waals surface area contributed by atoms with E-state index in [-0.39, 0.29) is 16.4 Å². The van der Waals surface area contributed by atoms with Gasteiger partial charge in [0.25, 0.3) is 5.69 Å². The maximum absolute atomic E-state index is 13.4. The molecule has 0 atom stereocenters. The average molecular weight is 386 g/mol. The van der Waals surface area contributed by atoms with Crippen LogP contribution in [-0.2, 0) is 5.41 Å². The highest BCUT2D eigenvalue weighted by Gasteiger charge is 2.47. The summed E-state index contributed by atoms with van der Waals surface area (Å²) in [5.41, 5.74) is 2.87. The minimum atomic E-state index is -0.597. The second kappa shape index (κ2) is 5.52. The summed E-state index contributed by atoms with van der Waals surface area (Å²) in [4.78, 5) is 24.2. The van der Waals surface area contributed by atoms with Gasteiger partial charge in [0, 0.05) is 22.2 Å². The molecule has 5 heteroatoms. The lowest BCUT2D eigenvalue weighted by atomic mass is 9.60. The minimum absolute atomic E-state index is 0.0601. The Kier molecular flexibility index (Phi) is 3.57. The van der Waals surface area contributed by atoms with E-state index in [4.69, 9.17) is 0 Å². The van der Waals surface area contributed by atoms with Crippen LogP contribution in [0.4, 0.5) is 5.69 Å². The van der Waals surface area contributed by atoms with E-state index >= 15 is 0 Å². The van der Waals surface area contributed by atoms with E-state index < -0.39 is 5.41 Å². The van der Waals surface area contributed by atoms with Crippen LogP contribution in [0, 0.1) is 10.1 Å². The monoisotopic (exact) mass is 385 g/mol. The largest absolute Gasteiger partial charge is 0.293 e. The molecule has 0 aliphatic heterocycles. The first-order valence-corrected chi connectivity index (χ1v) is 8.96. The normalized spacial score (nSPS) is 18.1. The first-order chi connectivity index (χ1) is 11.5. The molecule has 0 N–H and O–H groups in total. The molecule has 0 amide bonds. The van der Waals surface area contributed by atoms with Crippen LogP contribution in [0.15, 0.2) is 40.9 Å². The van der Waals surface area contributed by atoms with Gasteiger partial charge in [0.2, 0.25) is 0 Å². The van der Waals surface area contributed by atoms with Crippen LogP contribution in [0.1, 0.15) is 48.0 Å². The van der Waals surface area contributed by atoms with Crippen LogP contribution in [0.25, 0.3) is 11.1 Å². The van der Waals surface area contributed by atoms with Crippen molar-refractivity contribution in [1.29, 1.82) is 0 Å². The highest BCUT2D eigenvalue weighted by atomic mass is 79.9. The van der Waals surface area contributed by atoms with Gasteiger partial charge in [-0.05, 0) is 53.8 Å². The molecular weight excluding hydrogens is 370 g/mol. The Morgan fingerprint density at radius 3 is 2.38 bits per heavy atom. The number of non-ortho nitro benzene ring substituents is 1. The van der Waals surface area contributed by atoms with Gasteiger partial charge in [0.1, 0.15) is 0 Å². The van der Waals surface area contributed by atoms with Crippen LogP contribution in [0.5, 0.6) is 0 Å². The Labute approximate surface area is 148 Å². The Morgan fingerprint density at radius 2 is 1.67 bits per heavy atom. The van der Waals surface area contributed by atoms with Crippen LogP contribution in [-0.4, -0.2) is 10.7 Å². The summed E-state index contributed by atoms with van der Waals surface area (Å²) in [6.45, 7) is 0. The third kappa shape index (κ3) is 2.14. The average Bonchev–Trinajstić information content (AvgIpc) is 2.60. The summed E-state index contributed by atoms with van der Waals surface area (Å²) in [6.07, 6.45) is 4.64. The fourth-order valence-corrected chi connectivity index (χ4v) is 4.61. The topological polar surface area (TPSA) is 60.2 Å². The summed E-state index contributed by atoms with van der Waals surface area (Å²) >= 11 is 3.47. The van der Waals surface area contributed by atoms with Crippen LogP contribution in [0.3, 0.4) is 0 Å². The number of carbonyl (C=O) groups is 1. The van der Waals surface area contributed by atoms with Gasteiger partial charge < -0.3 is 0 Å². The Bertz CT molecular complexity index is 869. The molecule has 0 radical (unpaired) electrons. The summed E-state index contributed by atoms with van der Waals surface area (Å²) < 4.78 is 0.901. The molecule has 122 valence electrons. The Balaban J connectivity index is 2.03. The molecule has 0 unspecified atom stereocenters. The van der Waals surface area contributed by atoms with Crippen molar-refractivity contribution in [3.63, 3.8) is 0 Å². The highest BCUT2D eigenvalue weighted by Crippen LogP contribution is 2.51. The van der Waals surface area contributed by atoms with Crippen molar-refractivity contribution >= 4 is 27.4 Å². The number of Topliss-reactive ketones (excluding diaryl/α,β-unsaturated/α-hetero) is 1. The van der Waals surface area contributed by atoms with Crippen molar-refractivity contribution in [2.75, 3.05) is 0 Å². The van der Waals surface area contributed by atoms with E-state index in [0.29, 0.717) is 0 Å². The van der Waals surface area contributed by atoms with Crippen molar-refractivity contribution < 1.29 is 9.72 Å². The summed E-state index contributed by atoms with van der Waals surface area (Å²) in [5.74, 6) is 0.123. The van der Waals surface area contributed by atoms with E-state index in [1.54, 1.807) is 6.07 Å². The van der Waals surface area contributed by atoms with Gasteiger partial charge in [-0.1, -0.05) is 35.2 Å². The maximum Gasteiger partial charge on any atom is 0.269 e. The number of ketones is 1. The number of nitro groups is 1. The molecule has 4 nitrogen and oxygen atoms in total. The molecule has 2 aromatic rings. The quantitative estimate of drug-likeness (QED) is 0.486. The van der Waals surface area contributed by atoms with Crippen molar-refractivity contribution in [2.45, 2.75) is 37.5 Å². The number of carbonyl (C=O) groups excluding carboxylic acids is 1. The van der Waals surface area contributed by atoms with E-state index in [1.807, 2.05) is 24.3 Å². The number of halogens is 1. The van der Waals surface area contributed by atoms with Crippen molar-refractivity contribution in [1.82, 2.24) is 0 Å². The van der Waals surface area contributed by atoms with Gasteiger partial charge in [-0.25, -0.2) is 0 Å². The zero-order valence-electron chi connectivity index (χ0n) is 13.0. The molecule has 2 aliphatic rings. The smallest absolute Gasteiger partial charge is 0.269 e. The van der Waals surface area contributed by atoms with Crippen LogP contribution in [0.2, 0.25) is 0 Å². The molecular formula is C19H16BrNO3. The van der Waals surface area contributed by atoms with Gasteiger partial charge in [-0.3, -0.25) is 14.9 Å². The second-order valence-corrected chi connectivity index (χ2v) is 7.56. The number of fused-ring (bicyclic) bond motifs is 4. The Hall–Kier alpha value is -2.01. The standard InChI is InChI=1S/C19H16BrNO3/c20-12-4-6-15-16(10-12)14-7-5-13(21(23)24)11-17(14)19(18(15)22)8-2-1-3-9-19/h4-7,10-11H,1-3,8-9H2. The predicted octanol–water partition coefficient (Wildman–Crippen LogP) is 5.42. The molecule has 1 saturated carbocycles. The fraction of sp³-hybridized carbons (Fsp3) is 0.316. The molecule has 4 rings (SSSR count). The van der Waals surface area contributed by atoms with Gasteiger partial charge in [0.05, 0.1) is 10.3 Å². The third-order valence-corrected chi connectivity index (χ3v) is 5.88. The number of hydrogen-bond acceptors (Lipinski definition) is 3. The van der Waals surface area contributed by atoms with E-state index in [9.17, 15) is 14.9 Å². The molecule has 2 aromatic carbocycles. The van der Waals surface area contributed by atoms with Gasteiger partial charge in [-0.2, -0.15) is 0 Å². The first kappa shape index (κ1) is 15.5. The predicted molar refractivity (Wildman–Crippen MR) is 95.3 cm³/mol. The molecule has 0 heterocycles. The second-order valence-electron chi connectivity index (χ2n) is 6.65. The number of nitrogens with zero attached hydrogens (tertiary/aromatic N) is 1. The number of rotatable bonds is 1. The van der Waals surface area contributed by atoms with Gasteiger partial charge in [-0.15, -0.1) is 0 Å². The summed E-state index contributed by atoms with van der Waals surface area (Å²) in [5, 5.41) is 11.3. The number of hydrogen-bond donors (Lipinski definition) is 0. The lowest BCUT2D eigenvalue weighted by Gasteiger charge is -2.41. The SMILES string of the molecule is O=C1c2ccc(Br)cc2-c2ccc([N+](=O)[O-])cc2C12CCCCC2. The highest BCUT2D eigenvalue weighted by molar-refractivity contribution is 9.10. The zero-order chi connectivity index (χ0) is 16.9. The van der Waals surface area contributed by atoms with Gasteiger partial charge >= 0.3 is 0 Å². The van der Waals surface area contributed by atoms with Crippen molar-refractivity contribution in [2.24, 2.45) is 0 Å². The van der Waals surface area contributed by atoms with E-state index in [1.165, 1.54) is 6.07 Å². The minimum Gasteiger partial charge on any atom is -0.293 e. The van der Waals surface area contributed by atoms with E-state index in [2.05, 4.69) is 15.9 Å². The van der Waals surface area contributed by atoms with E-state index in [0.717, 1.165) is 58.8 Å². The maximum atomic E-state index is 13.4. The summed E-state index contributed by atoms with van der Waals surface area (Å²) in [7, 11) is 0. The lowest BCUT2D eigenvalue weighted by molar-refractivity contribution is -0.384. The summed E-state index contributed by atoms with van der Waals surface area (Å²) in [6, 6.07) is 10.7. The first-order valence-electron chi connectivity index (χ1n) is 8.17. The van der Waals surface area contributed by atoms with Gasteiger partial charge in [0.15, 0.2) is 5.78 Å². The number of benzene rings is 2. The molecule has 24 heavy (non-hydrogen) atoms. The molecule has 1 spiro atoms. The van der Waals surface area contributed by atoms with Crippen molar-refractivity contribution in [3.8, 4) is 11.1 Å². The molecule has 1 fully saturated rings. The van der Waals surface area contributed by atoms with Crippen molar-refractivity contribution in [3.05, 3.63) is 62.1 Å². The van der Waals surface area contributed by atoms with Crippen LogP contribution >= 0.6 is 15.9 Å². The third-order valence-electron chi connectivity index (χ3n) is 5.39. The van der Waals surface area contributed by atoms with Crippen LogP contribution < -0.4 is 0 Å². The molecule has 2 aliphatic carbocycles. The molecule has 0 bridgehead atoms. The Morgan fingerprint density at radius 1 is 0.958 bits per heavy atom. The molecule has 0 saturated heterocycles. The fourth-order valence-electron chi connectivity index (χ4n) is 4.25. The molecule has 0 aromatic heterocycles.